The number of rotatable bonds is 18. The van der Waals surface area contributed by atoms with Gasteiger partial charge in [0.2, 0.25) is 17.5 Å². The SMILES string of the molecule is C=CCCCCCC(=O)C(=O)O.C=CCCCCCC(Nc1ccc(OC)nc1)C(=O)O.COc1ccc(N)cn1. The third-order valence-electron chi connectivity index (χ3n) is 5.50. The maximum Gasteiger partial charge on any atom is 0.372 e. The van der Waals surface area contributed by atoms with Crippen LogP contribution in [0.2, 0.25) is 0 Å². The highest BCUT2D eigenvalue weighted by molar-refractivity contribution is 6.32. The van der Waals surface area contributed by atoms with Gasteiger partial charge < -0.3 is 30.7 Å². The highest BCUT2D eigenvalue weighted by Crippen LogP contribution is 2.15. The average Bonchev–Trinajstić information content (AvgIpc) is 2.97. The van der Waals surface area contributed by atoms with Crippen molar-refractivity contribution in [1.29, 1.82) is 0 Å². The van der Waals surface area contributed by atoms with E-state index in [0.717, 1.165) is 44.9 Å². The minimum absolute atomic E-state index is 0.159. The number of nitrogens with zero attached hydrogens (tertiary/aromatic N) is 2. The van der Waals surface area contributed by atoms with Crippen molar-refractivity contribution in [2.45, 2.75) is 70.3 Å². The fourth-order valence-corrected chi connectivity index (χ4v) is 3.23. The standard InChI is InChI=1S/C15H22N2O3.C9H14O3.C6H8N2O/c1-3-4-5-6-7-8-13(15(18)19)17-12-9-10-14(20-2)16-11-12;1-2-3-4-5-6-7-8(10)9(11)12;1-9-6-3-2-5(7)4-8-6/h3,9-11,13,17H,1,4-8H2,2H3,(H,18,19);2H,1,3-7H2,(H,11,12);2-4H,7H2,1H3. The molecule has 11 nitrogen and oxygen atoms in total. The third kappa shape index (κ3) is 19.3. The molecule has 0 aliphatic carbocycles. The van der Waals surface area contributed by atoms with E-state index in [4.69, 9.17) is 20.3 Å². The summed E-state index contributed by atoms with van der Waals surface area (Å²) >= 11 is 0. The van der Waals surface area contributed by atoms with Gasteiger partial charge in [0.05, 0.1) is 38.0 Å². The molecule has 0 aliphatic rings. The topological polar surface area (TPSA) is 174 Å². The minimum atomic E-state index is -1.32. The maximum atomic E-state index is 11.2. The fourth-order valence-electron chi connectivity index (χ4n) is 3.23. The molecule has 0 amide bonds. The van der Waals surface area contributed by atoms with Crippen LogP contribution >= 0.6 is 0 Å². The summed E-state index contributed by atoms with van der Waals surface area (Å²) < 4.78 is 9.76. The molecular formula is C30H44N4O7. The summed E-state index contributed by atoms with van der Waals surface area (Å²) in [7, 11) is 3.11. The van der Waals surface area contributed by atoms with Crippen LogP contribution in [0.3, 0.4) is 0 Å². The summed E-state index contributed by atoms with van der Waals surface area (Å²) in [5.41, 5.74) is 6.70. The van der Waals surface area contributed by atoms with E-state index in [0.29, 0.717) is 36.0 Å². The number of carbonyl (C=O) groups is 3. The number of allylic oxidation sites excluding steroid dienone is 2. The number of ether oxygens (including phenoxy) is 2. The first kappa shape index (κ1) is 36.6. The average molecular weight is 573 g/mol. The normalized spacial score (nSPS) is 10.4. The quantitative estimate of drug-likeness (QED) is 0.100. The Hall–Kier alpha value is -4.41. The van der Waals surface area contributed by atoms with Crippen LogP contribution in [-0.4, -0.2) is 58.2 Å². The molecule has 0 aromatic carbocycles. The molecule has 5 N–H and O–H groups in total. The van der Waals surface area contributed by atoms with Crippen molar-refractivity contribution < 1.29 is 34.1 Å². The van der Waals surface area contributed by atoms with Crippen molar-refractivity contribution in [2.75, 3.05) is 25.3 Å². The predicted molar refractivity (Wildman–Crippen MR) is 160 cm³/mol. The first-order valence-electron chi connectivity index (χ1n) is 13.4. The monoisotopic (exact) mass is 572 g/mol. The van der Waals surface area contributed by atoms with Crippen molar-refractivity contribution in [3.63, 3.8) is 0 Å². The van der Waals surface area contributed by atoms with Gasteiger partial charge in [-0.1, -0.05) is 31.4 Å². The van der Waals surface area contributed by atoms with Gasteiger partial charge in [0.25, 0.3) is 0 Å². The summed E-state index contributed by atoms with van der Waals surface area (Å²) in [6.07, 6.45) is 15.0. The Morgan fingerprint density at radius 2 is 1.44 bits per heavy atom. The number of carbonyl (C=O) groups excluding carboxylic acids is 1. The van der Waals surface area contributed by atoms with E-state index in [9.17, 15) is 19.5 Å². The molecule has 2 rings (SSSR count). The Labute approximate surface area is 242 Å². The van der Waals surface area contributed by atoms with Gasteiger partial charge in [-0.05, 0) is 50.7 Å². The molecule has 41 heavy (non-hydrogen) atoms. The summed E-state index contributed by atoms with van der Waals surface area (Å²) in [4.78, 5) is 39.7. The largest absolute Gasteiger partial charge is 0.481 e. The van der Waals surface area contributed by atoms with Gasteiger partial charge in [0.1, 0.15) is 6.04 Å². The predicted octanol–water partition coefficient (Wildman–Crippen LogP) is 5.54. The Morgan fingerprint density at radius 3 is 1.88 bits per heavy atom. The molecule has 2 heterocycles. The molecule has 0 aliphatic heterocycles. The summed E-state index contributed by atoms with van der Waals surface area (Å²) in [5, 5.41) is 20.4. The van der Waals surface area contributed by atoms with E-state index in [2.05, 4.69) is 28.4 Å². The number of pyridine rings is 2. The number of carboxylic acid groups (broad SMARTS) is 2. The van der Waals surface area contributed by atoms with Gasteiger partial charge in [0, 0.05) is 18.6 Å². The number of aromatic nitrogens is 2. The van der Waals surface area contributed by atoms with Crippen molar-refractivity contribution in [3.8, 4) is 11.8 Å². The smallest absolute Gasteiger partial charge is 0.372 e. The van der Waals surface area contributed by atoms with E-state index < -0.39 is 23.8 Å². The van der Waals surface area contributed by atoms with Crippen LogP contribution in [0.5, 0.6) is 11.8 Å². The summed E-state index contributed by atoms with van der Waals surface area (Å²) in [5.74, 6) is -1.76. The number of anilines is 2. The molecule has 2 aromatic rings. The number of nitrogens with two attached hydrogens (primary N) is 1. The van der Waals surface area contributed by atoms with Crippen LogP contribution in [-0.2, 0) is 14.4 Å². The molecule has 0 saturated heterocycles. The molecule has 11 heteroatoms. The Kier molecular flexibility index (Phi) is 21.0. The van der Waals surface area contributed by atoms with Crippen LogP contribution < -0.4 is 20.5 Å². The number of Topliss-reactive ketones (excluding diaryl/α,β-unsaturated/α-hetero) is 1. The minimum Gasteiger partial charge on any atom is -0.481 e. The van der Waals surface area contributed by atoms with Crippen molar-refractivity contribution in [1.82, 2.24) is 9.97 Å². The molecule has 0 radical (unpaired) electrons. The molecular weight excluding hydrogens is 528 g/mol. The zero-order chi connectivity index (χ0) is 30.9. The number of carboxylic acids is 2. The number of hydrogen-bond donors (Lipinski definition) is 4. The number of nitrogens with one attached hydrogen (secondary N) is 1. The number of aliphatic carboxylic acids is 2. The van der Waals surface area contributed by atoms with E-state index in [-0.39, 0.29) is 6.42 Å². The van der Waals surface area contributed by atoms with E-state index >= 15 is 0 Å². The Bertz CT molecular complexity index is 1030. The number of methoxy groups -OCH3 is 2. The van der Waals surface area contributed by atoms with Crippen molar-refractivity contribution in [3.05, 3.63) is 62.0 Å². The lowest BCUT2D eigenvalue weighted by Gasteiger charge is -2.15. The summed E-state index contributed by atoms with van der Waals surface area (Å²) in [6, 6.07) is 6.33. The molecule has 1 unspecified atom stereocenters. The Balaban J connectivity index is 0.000000645. The lowest BCUT2D eigenvalue weighted by Crippen LogP contribution is -2.29. The van der Waals surface area contributed by atoms with Gasteiger partial charge in [-0.15, -0.1) is 13.2 Å². The van der Waals surface area contributed by atoms with Crippen molar-refractivity contribution in [2.24, 2.45) is 0 Å². The van der Waals surface area contributed by atoms with E-state index in [1.165, 1.54) is 0 Å². The molecule has 0 saturated carbocycles. The molecule has 1 atom stereocenters. The fraction of sp³-hybridized carbons (Fsp3) is 0.433. The highest BCUT2D eigenvalue weighted by Gasteiger charge is 2.16. The molecule has 2 aromatic heterocycles. The van der Waals surface area contributed by atoms with Gasteiger partial charge in [-0.25, -0.2) is 19.6 Å². The van der Waals surface area contributed by atoms with Crippen molar-refractivity contribution >= 4 is 29.1 Å². The highest BCUT2D eigenvalue weighted by atomic mass is 16.5. The zero-order valence-electron chi connectivity index (χ0n) is 24.1. The van der Waals surface area contributed by atoms with Gasteiger partial charge in [-0.2, -0.15) is 0 Å². The third-order valence-corrected chi connectivity index (χ3v) is 5.50. The lowest BCUT2D eigenvalue weighted by atomic mass is 10.1. The second-order valence-electron chi connectivity index (χ2n) is 8.80. The summed E-state index contributed by atoms with van der Waals surface area (Å²) in [6.45, 7) is 7.23. The van der Waals surface area contributed by atoms with Crippen LogP contribution in [0, 0.1) is 0 Å². The number of unbranched alkanes of at least 4 members (excludes halogenated alkanes) is 6. The van der Waals surface area contributed by atoms with Crippen LogP contribution in [0.1, 0.15) is 64.2 Å². The number of nitrogen functional groups attached to an aromatic ring is 1. The number of hydrogen-bond acceptors (Lipinski definition) is 9. The molecule has 0 spiro atoms. The van der Waals surface area contributed by atoms with Gasteiger partial charge in [-0.3, -0.25) is 4.79 Å². The van der Waals surface area contributed by atoms with Gasteiger partial charge in [0.15, 0.2) is 0 Å². The van der Waals surface area contributed by atoms with Gasteiger partial charge >= 0.3 is 11.9 Å². The van der Waals surface area contributed by atoms with Crippen LogP contribution in [0.4, 0.5) is 11.4 Å². The Morgan fingerprint density at radius 1 is 0.878 bits per heavy atom. The molecule has 226 valence electrons. The number of ketones is 1. The first-order valence-corrected chi connectivity index (χ1v) is 13.4. The van der Waals surface area contributed by atoms with Crippen LogP contribution in [0.15, 0.2) is 62.0 Å². The van der Waals surface area contributed by atoms with Crippen LogP contribution in [0.25, 0.3) is 0 Å². The zero-order valence-corrected chi connectivity index (χ0v) is 24.1. The molecule has 0 bridgehead atoms. The maximum absolute atomic E-state index is 11.2. The lowest BCUT2D eigenvalue weighted by molar-refractivity contribution is -0.149. The first-order chi connectivity index (χ1) is 19.7. The second kappa shape index (κ2) is 23.5. The second-order valence-corrected chi connectivity index (χ2v) is 8.80. The van der Waals surface area contributed by atoms with E-state index in [1.54, 1.807) is 50.9 Å². The molecule has 0 fully saturated rings. The van der Waals surface area contributed by atoms with E-state index in [1.807, 2.05) is 12.2 Å².